The summed E-state index contributed by atoms with van der Waals surface area (Å²) in [6.07, 6.45) is 0. The maximum Gasteiger partial charge on any atom is 0.321 e. The minimum Gasteiger partial charge on any atom is -0.481 e. The van der Waals surface area contributed by atoms with Gasteiger partial charge in [0.1, 0.15) is 0 Å². The van der Waals surface area contributed by atoms with Crippen molar-refractivity contribution in [3.8, 4) is 0 Å². The number of aryl methyl sites for hydroxylation is 1. The number of halogens is 1. The van der Waals surface area contributed by atoms with Gasteiger partial charge >= 0.3 is 12.0 Å². The molecule has 5 nitrogen and oxygen atoms in total. The molecule has 2 N–H and O–H groups in total. The average Bonchev–Trinajstić information content (AvgIpc) is 2.33. The molecule has 1 aromatic carbocycles. The van der Waals surface area contributed by atoms with Gasteiger partial charge < -0.3 is 15.3 Å². The Bertz CT molecular complexity index is 491. The number of aliphatic carboxylic acids is 1. The summed E-state index contributed by atoms with van der Waals surface area (Å²) in [5.41, 5.74) is 1.69. The van der Waals surface area contributed by atoms with Crippen LogP contribution < -0.4 is 5.32 Å². The van der Waals surface area contributed by atoms with Crippen LogP contribution in [0.15, 0.2) is 22.7 Å². The van der Waals surface area contributed by atoms with Crippen molar-refractivity contribution in [1.82, 2.24) is 4.90 Å². The van der Waals surface area contributed by atoms with Crippen LogP contribution in [0.1, 0.15) is 12.5 Å². The van der Waals surface area contributed by atoms with Gasteiger partial charge in [-0.05, 0) is 30.7 Å². The van der Waals surface area contributed by atoms with E-state index in [-0.39, 0.29) is 12.6 Å². The highest BCUT2D eigenvalue weighted by molar-refractivity contribution is 9.10. The van der Waals surface area contributed by atoms with E-state index >= 15 is 0 Å². The van der Waals surface area contributed by atoms with Crippen LogP contribution in [0.25, 0.3) is 0 Å². The first kappa shape index (κ1) is 15.5. The minimum absolute atomic E-state index is 0.163. The first-order chi connectivity index (χ1) is 8.81. The Hall–Kier alpha value is -1.56. The number of carboxylic acids is 1. The third-order valence-electron chi connectivity index (χ3n) is 2.73. The lowest BCUT2D eigenvalue weighted by atomic mass is 10.2. The maximum absolute atomic E-state index is 11.9. The number of carbonyl (C=O) groups excluding carboxylic acids is 1. The second-order valence-corrected chi connectivity index (χ2v) is 5.37. The molecule has 1 unspecified atom stereocenters. The highest BCUT2D eigenvalue weighted by Gasteiger charge is 2.17. The van der Waals surface area contributed by atoms with Crippen molar-refractivity contribution < 1.29 is 14.7 Å². The fraction of sp³-hybridized carbons (Fsp3) is 0.385. The number of amides is 2. The molecular weight excluding hydrogens is 312 g/mol. The fourth-order valence-electron chi connectivity index (χ4n) is 1.51. The molecule has 0 heterocycles. The fourth-order valence-corrected chi connectivity index (χ4v) is 1.76. The van der Waals surface area contributed by atoms with Gasteiger partial charge in [0.15, 0.2) is 0 Å². The molecule has 0 saturated heterocycles. The SMILES string of the molecule is Cc1cc(NC(=O)N(C)CC(C)C(=O)O)ccc1Br. The van der Waals surface area contributed by atoms with Gasteiger partial charge in [-0.3, -0.25) is 4.79 Å². The maximum atomic E-state index is 11.9. The number of anilines is 1. The van der Waals surface area contributed by atoms with Gasteiger partial charge in [0.2, 0.25) is 0 Å². The first-order valence-electron chi connectivity index (χ1n) is 5.82. The molecule has 0 aromatic heterocycles. The number of carbonyl (C=O) groups is 2. The van der Waals surface area contributed by atoms with Crippen LogP contribution in [0.4, 0.5) is 10.5 Å². The third-order valence-corrected chi connectivity index (χ3v) is 3.61. The number of nitrogens with zero attached hydrogens (tertiary/aromatic N) is 1. The first-order valence-corrected chi connectivity index (χ1v) is 6.61. The summed E-state index contributed by atoms with van der Waals surface area (Å²) in [5.74, 6) is -1.51. The van der Waals surface area contributed by atoms with E-state index in [1.54, 1.807) is 20.0 Å². The molecule has 6 heteroatoms. The van der Waals surface area contributed by atoms with Crippen LogP contribution in [-0.2, 0) is 4.79 Å². The number of urea groups is 1. The average molecular weight is 329 g/mol. The predicted octanol–water partition coefficient (Wildman–Crippen LogP) is 2.94. The Balaban J connectivity index is 2.63. The molecule has 1 aromatic rings. The van der Waals surface area contributed by atoms with Crippen molar-refractivity contribution in [3.05, 3.63) is 28.2 Å². The van der Waals surface area contributed by atoms with E-state index in [2.05, 4.69) is 21.2 Å². The van der Waals surface area contributed by atoms with Crippen molar-refractivity contribution in [2.75, 3.05) is 18.9 Å². The van der Waals surface area contributed by atoms with Gasteiger partial charge in [-0.1, -0.05) is 22.9 Å². The zero-order valence-corrected chi connectivity index (χ0v) is 12.7. The van der Waals surface area contributed by atoms with Gasteiger partial charge in [-0.15, -0.1) is 0 Å². The lowest BCUT2D eigenvalue weighted by Gasteiger charge is -2.20. The van der Waals surface area contributed by atoms with Crippen LogP contribution in [-0.4, -0.2) is 35.6 Å². The molecule has 104 valence electrons. The van der Waals surface area contributed by atoms with E-state index in [4.69, 9.17) is 5.11 Å². The van der Waals surface area contributed by atoms with Crippen LogP contribution in [0.3, 0.4) is 0 Å². The minimum atomic E-state index is -0.917. The summed E-state index contributed by atoms with van der Waals surface area (Å²) >= 11 is 3.38. The molecule has 1 atom stereocenters. The zero-order chi connectivity index (χ0) is 14.6. The summed E-state index contributed by atoms with van der Waals surface area (Å²) in [5, 5.41) is 11.5. The van der Waals surface area contributed by atoms with Crippen LogP contribution in [0, 0.1) is 12.8 Å². The van der Waals surface area contributed by atoms with Crippen molar-refractivity contribution in [2.45, 2.75) is 13.8 Å². The van der Waals surface area contributed by atoms with E-state index in [1.807, 2.05) is 19.1 Å². The van der Waals surface area contributed by atoms with Gasteiger partial charge in [0, 0.05) is 23.8 Å². The summed E-state index contributed by atoms with van der Waals surface area (Å²) in [6, 6.07) is 5.15. The molecule has 2 amide bonds. The van der Waals surface area contributed by atoms with Gasteiger partial charge in [-0.25, -0.2) is 4.79 Å². The van der Waals surface area contributed by atoms with E-state index in [9.17, 15) is 9.59 Å². The summed E-state index contributed by atoms with van der Waals surface area (Å²) in [6.45, 7) is 3.66. The van der Waals surface area contributed by atoms with Gasteiger partial charge in [0.25, 0.3) is 0 Å². The molecule has 0 fully saturated rings. The molecule has 0 radical (unpaired) electrons. The predicted molar refractivity (Wildman–Crippen MR) is 77.3 cm³/mol. The third kappa shape index (κ3) is 4.55. The van der Waals surface area contributed by atoms with Crippen molar-refractivity contribution in [1.29, 1.82) is 0 Å². The van der Waals surface area contributed by atoms with Gasteiger partial charge in [-0.2, -0.15) is 0 Å². The monoisotopic (exact) mass is 328 g/mol. The normalized spacial score (nSPS) is 11.8. The highest BCUT2D eigenvalue weighted by Crippen LogP contribution is 2.20. The molecule has 0 aliphatic carbocycles. The molecule has 0 saturated carbocycles. The van der Waals surface area contributed by atoms with Crippen molar-refractivity contribution >= 4 is 33.6 Å². The van der Waals surface area contributed by atoms with E-state index in [1.165, 1.54) is 4.90 Å². The van der Waals surface area contributed by atoms with Crippen molar-refractivity contribution in [2.24, 2.45) is 5.92 Å². The molecular formula is C13H17BrN2O3. The van der Waals surface area contributed by atoms with Crippen LogP contribution >= 0.6 is 15.9 Å². The lowest BCUT2D eigenvalue weighted by molar-refractivity contribution is -0.141. The topological polar surface area (TPSA) is 69.6 Å². The number of hydrogen-bond acceptors (Lipinski definition) is 2. The Morgan fingerprint density at radius 3 is 2.63 bits per heavy atom. The molecule has 19 heavy (non-hydrogen) atoms. The Labute approximate surface area is 120 Å². The number of benzene rings is 1. The molecule has 0 spiro atoms. The van der Waals surface area contributed by atoms with Crippen molar-refractivity contribution in [3.63, 3.8) is 0 Å². The van der Waals surface area contributed by atoms with E-state index < -0.39 is 11.9 Å². The second kappa shape index (κ2) is 6.56. The second-order valence-electron chi connectivity index (χ2n) is 4.51. The Kier molecular flexibility index (Phi) is 5.35. The summed E-state index contributed by atoms with van der Waals surface area (Å²) in [4.78, 5) is 24.0. The van der Waals surface area contributed by atoms with Crippen LogP contribution in [0.5, 0.6) is 0 Å². The summed E-state index contributed by atoms with van der Waals surface area (Å²) in [7, 11) is 1.57. The standard InChI is InChI=1S/C13H17BrN2O3/c1-8-6-10(4-5-11(8)14)15-13(19)16(3)7-9(2)12(17)18/h4-6,9H,7H2,1-3H3,(H,15,19)(H,17,18). The van der Waals surface area contributed by atoms with E-state index in [0.29, 0.717) is 5.69 Å². The van der Waals surface area contributed by atoms with Gasteiger partial charge in [0.05, 0.1) is 5.92 Å². The largest absolute Gasteiger partial charge is 0.481 e. The molecule has 0 bridgehead atoms. The quantitative estimate of drug-likeness (QED) is 0.892. The van der Waals surface area contributed by atoms with E-state index in [0.717, 1.165) is 10.0 Å². The van der Waals surface area contributed by atoms with Crippen LogP contribution in [0.2, 0.25) is 0 Å². The number of rotatable bonds is 4. The Morgan fingerprint density at radius 1 is 1.47 bits per heavy atom. The number of hydrogen-bond donors (Lipinski definition) is 2. The number of carboxylic acid groups (broad SMARTS) is 1. The summed E-state index contributed by atoms with van der Waals surface area (Å²) < 4.78 is 0.971. The highest BCUT2D eigenvalue weighted by atomic mass is 79.9. The zero-order valence-electron chi connectivity index (χ0n) is 11.1. The number of nitrogens with one attached hydrogen (secondary N) is 1. The molecule has 1 rings (SSSR count). The molecule has 0 aliphatic heterocycles. The smallest absolute Gasteiger partial charge is 0.321 e. The lowest BCUT2D eigenvalue weighted by Crippen LogP contribution is -2.36. The molecule has 0 aliphatic rings. The Morgan fingerprint density at radius 2 is 2.11 bits per heavy atom.